The quantitative estimate of drug-likeness (QED) is 0.653. The van der Waals surface area contributed by atoms with E-state index in [2.05, 4.69) is 15.2 Å². The number of methoxy groups -OCH3 is 1. The standard InChI is InChI=1S/C21H29FN4O3/c1-15-17(18-12-16(22)4-5-19(18)24-15)13-21(28)26-9-7-25(8-10-26)14-20(27)23-6-3-11-29-2/h4-5,12,24H,3,6-11,13-14H2,1-2H3,(H,23,27). The van der Waals surface area contributed by atoms with Gasteiger partial charge in [0.25, 0.3) is 0 Å². The normalized spacial score (nSPS) is 15.1. The number of carbonyl (C=O) groups excluding carboxylic acids is 2. The van der Waals surface area contributed by atoms with Gasteiger partial charge in [0.2, 0.25) is 11.8 Å². The molecule has 1 fully saturated rings. The largest absolute Gasteiger partial charge is 0.385 e. The van der Waals surface area contributed by atoms with Crippen molar-refractivity contribution in [3.05, 3.63) is 35.3 Å². The lowest BCUT2D eigenvalue weighted by molar-refractivity contribution is -0.132. The number of amides is 2. The molecule has 1 saturated heterocycles. The van der Waals surface area contributed by atoms with Crippen LogP contribution >= 0.6 is 0 Å². The van der Waals surface area contributed by atoms with E-state index in [0.717, 1.165) is 28.6 Å². The van der Waals surface area contributed by atoms with E-state index >= 15 is 0 Å². The molecule has 3 rings (SSSR count). The molecule has 1 aliphatic rings. The number of fused-ring (bicyclic) bond motifs is 1. The Bertz CT molecular complexity index is 859. The van der Waals surface area contributed by atoms with Gasteiger partial charge in [-0.25, -0.2) is 4.39 Å². The Morgan fingerprint density at radius 2 is 2.00 bits per heavy atom. The number of nitrogens with one attached hydrogen (secondary N) is 2. The van der Waals surface area contributed by atoms with Crippen LogP contribution in [0.3, 0.4) is 0 Å². The van der Waals surface area contributed by atoms with Gasteiger partial charge in [-0.2, -0.15) is 0 Å². The van der Waals surface area contributed by atoms with Gasteiger partial charge < -0.3 is 19.9 Å². The second-order valence-corrected chi connectivity index (χ2v) is 7.45. The van der Waals surface area contributed by atoms with Crippen molar-refractivity contribution in [2.45, 2.75) is 19.8 Å². The minimum atomic E-state index is -0.306. The number of aryl methyl sites for hydroxylation is 1. The number of H-pyrrole nitrogens is 1. The lowest BCUT2D eigenvalue weighted by atomic mass is 10.1. The van der Waals surface area contributed by atoms with Crippen LogP contribution in [0.1, 0.15) is 17.7 Å². The summed E-state index contributed by atoms with van der Waals surface area (Å²) in [5.74, 6) is -0.279. The molecule has 0 atom stereocenters. The first-order valence-electron chi connectivity index (χ1n) is 10.0. The number of ether oxygens (including phenoxy) is 1. The number of halogens is 1. The Kier molecular flexibility index (Phi) is 7.22. The number of hydrogen-bond donors (Lipinski definition) is 2. The summed E-state index contributed by atoms with van der Waals surface area (Å²) in [7, 11) is 1.64. The maximum Gasteiger partial charge on any atom is 0.234 e. The topological polar surface area (TPSA) is 77.7 Å². The van der Waals surface area contributed by atoms with Crippen LogP contribution in [0.4, 0.5) is 4.39 Å². The van der Waals surface area contributed by atoms with Gasteiger partial charge in [-0.1, -0.05) is 0 Å². The molecule has 2 heterocycles. The molecular weight excluding hydrogens is 375 g/mol. The highest BCUT2D eigenvalue weighted by Gasteiger charge is 2.23. The van der Waals surface area contributed by atoms with Crippen LogP contribution in [0.5, 0.6) is 0 Å². The third kappa shape index (κ3) is 5.55. The molecule has 2 N–H and O–H groups in total. The number of aromatic nitrogens is 1. The molecule has 0 spiro atoms. The molecule has 1 aromatic carbocycles. The smallest absolute Gasteiger partial charge is 0.234 e. The van der Waals surface area contributed by atoms with Crippen molar-refractivity contribution in [3.63, 3.8) is 0 Å². The zero-order valence-electron chi connectivity index (χ0n) is 17.1. The molecule has 2 aromatic rings. The first-order valence-corrected chi connectivity index (χ1v) is 10.0. The predicted molar refractivity (Wildman–Crippen MR) is 109 cm³/mol. The van der Waals surface area contributed by atoms with Gasteiger partial charge in [0.05, 0.1) is 13.0 Å². The third-order valence-electron chi connectivity index (χ3n) is 5.35. The average molecular weight is 404 g/mol. The number of benzene rings is 1. The van der Waals surface area contributed by atoms with E-state index in [4.69, 9.17) is 4.74 Å². The highest BCUT2D eigenvalue weighted by Crippen LogP contribution is 2.24. The highest BCUT2D eigenvalue weighted by atomic mass is 19.1. The molecule has 1 aliphatic heterocycles. The first-order chi connectivity index (χ1) is 14.0. The maximum atomic E-state index is 13.6. The average Bonchev–Trinajstić information content (AvgIpc) is 3.00. The number of carbonyl (C=O) groups is 2. The fraction of sp³-hybridized carbons (Fsp3) is 0.524. The summed E-state index contributed by atoms with van der Waals surface area (Å²) in [6.45, 7) is 5.99. The van der Waals surface area contributed by atoms with E-state index in [0.29, 0.717) is 45.9 Å². The Balaban J connectivity index is 1.49. The summed E-state index contributed by atoms with van der Waals surface area (Å²) in [6.07, 6.45) is 1.04. The van der Waals surface area contributed by atoms with Crippen molar-refractivity contribution in [1.82, 2.24) is 20.1 Å². The molecule has 1 aromatic heterocycles. The van der Waals surface area contributed by atoms with Gasteiger partial charge in [-0.3, -0.25) is 14.5 Å². The summed E-state index contributed by atoms with van der Waals surface area (Å²) in [5, 5.41) is 3.64. The minimum absolute atomic E-state index is 0.00248. The Hall–Kier alpha value is -2.45. The lowest BCUT2D eigenvalue weighted by Crippen LogP contribution is -2.51. The molecule has 158 valence electrons. The number of nitrogens with zero attached hydrogens (tertiary/aromatic N) is 2. The van der Waals surface area contributed by atoms with E-state index in [1.807, 2.05) is 11.8 Å². The summed E-state index contributed by atoms with van der Waals surface area (Å²) in [5.41, 5.74) is 2.58. The number of aromatic amines is 1. The van der Waals surface area contributed by atoms with Crippen molar-refractivity contribution in [1.29, 1.82) is 0 Å². The number of hydrogen-bond acceptors (Lipinski definition) is 4. The number of rotatable bonds is 8. The van der Waals surface area contributed by atoms with E-state index < -0.39 is 0 Å². The van der Waals surface area contributed by atoms with Crippen LogP contribution < -0.4 is 5.32 Å². The van der Waals surface area contributed by atoms with Crippen molar-refractivity contribution in [2.24, 2.45) is 0 Å². The van der Waals surface area contributed by atoms with Gasteiger partial charge in [-0.15, -0.1) is 0 Å². The van der Waals surface area contributed by atoms with Gasteiger partial charge in [0.15, 0.2) is 0 Å². The zero-order chi connectivity index (χ0) is 20.8. The summed E-state index contributed by atoms with van der Waals surface area (Å²) in [4.78, 5) is 31.9. The summed E-state index contributed by atoms with van der Waals surface area (Å²) >= 11 is 0. The molecule has 2 amide bonds. The van der Waals surface area contributed by atoms with Crippen molar-refractivity contribution >= 4 is 22.7 Å². The van der Waals surface area contributed by atoms with Crippen LogP contribution in [-0.4, -0.2) is 79.6 Å². The molecular formula is C21H29FN4O3. The lowest BCUT2D eigenvalue weighted by Gasteiger charge is -2.34. The van der Waals surface area contributed by atoms with Crippen LogP contribution in [-0.2, 0) is 20.7 Å². The number of piperazine rings is 1. The molecule has 0 aliphatic carbocycles. The van der Waals surface area contributed by atoms with Gasteiger partial charge >= 0.3 is 0 Å². The Morgan fingerprint density at radius 3 is 2.72 bits per heavy atom. The molecule has 0 unspecified atom stereocenters. The van der Waals surface area contributed by atoms with Gasteiger partial charge in [-0.05, 0) is 37.1 Å². The second kappa shape index (κ2) is 9.84. The summed E-state index contributed by atoms with van der Waals surface area (Å²) < 4.78 is 18.6. The predicted octanol–water partition coefficient (Wildman–Crippen LogP) is 1.45. The molecule has 0 radical (unpaired) electrons. The van der Waals surface area contributed by atoms with Gasteiger partial charge in [0, 0.05) is 63.0 Å². The van der Waals surface area contributed by atoms with Gasteiger partial charge in [0.1, 0.15) is 5.82 Å². The molecule has 0 bridgehead atoms. The Labute approximate surface area is 170 Å². The first kappa shape index (κ1) is 21.3. The van der Waals surface area contributed by atoms with E-state index in [1.165, 1.54) is 12.1 Å². The third-order valence-corrected chi connectivity index (χ3v) is 5.35. The molecule has 29 heavy (non-hydrogen) atoms. The fourth-order valence-electron chi connectivity index (χ4n) is 3.70. The fourth-order valence-corrected chi connectivity index (χ4v) is 3.70. The summed E-state index contributed by atoms with van der Waals surface area (Å²) in [6, 6.07) is 4.59. The van der Waals surface area contributed by atoms with E-state index in [1.54, 1.807) is 13.2 Å². The molecule has 7 nitrogen and oxygen atoms in total. The monoisotopic (exact) mass is 404 g/mol. The van der Waals surface area contributed by atoms with Crippen LogP contribution in [0.15, 0.2) is 18.2 Å². The van der Waals surface area contributed by atoms with Crippen LogP contribution in [0.25, 0.3) is 10.9 Å². The molecule has 8 heteroatoms. The minimum Gasteiger partial charge on any atom is -0.385 e. The van der Waals surface area contributed by atoms with E-state index in [9.17, 15) is 14.0 Å². The zero-order valence-corrected chi connectivity index (χ0v) is 17.1. The maximum absolute atomic E-state index is 13.6. The molecule has 0 saturated carbocycles. The second-order valence-electron chi connectivity index (χ2n) is 7.45. The van der Waals surface area contributed by atoms with Crippen LogP contribution in [0.2, 0.25) is 0 Å². The van der Waals surface area contributed by atoms with Crippen molar-refractivity contribution in [2.75, 3.05) is 53.0 Å². The Morgan fingerprint density at radius 1 is 1.24 bits per heavy atom. The van der Waals surface area contributed by atoms with E-state index in [-0.39, 0.29) is 24.1 Å². The van der Waals surface area contributed by atoms with Crippen LogP contribution in [0, 0.1) is 12.7 Å². The highest BCUT2D eigenvalue weighted by molar-refractivity contribution is 5.90. The van der Waals surface area contributed by atoms with Crippen molar-refractivity contribution in [3.8, 4) is 0 Å². The van der Waals surface area contributed by atoms with Crippen molar-refractivity contribution < 1.29 is 18.7 Å². The SMILES string of the molecule is COCCCNC(=O)CN1CCN(C(=O)Cc2c(C)[nH]c3ccc(F)cc23)CC1.